The number of hydrogen-bond donors (Lipinski definition) is 0. The van der Waals surface area contributed by atoms with E-state index in [1.54, 1.807) is 19.2 Å². The summed E-state index contributed by atoms with van der Waals surface area (Å²) in [7, 11) is 1.63. The fourth-order valence-corrected chi connectivity index (χ4v) is 4.49. The van der Waals surface area contributed by atoms with E-state index in [-0.39, 0.29) is 11.7 Å². The van der Waals surface area contributed by atoms with E-state index in [9.17, 15) is 9.18 Å². The van der Waals surface area contributed by atoms with Gasteiger partial charge in [0.1, 0.15) is 21.5 Å². The second-order valence-electron chi connectivity index (χ2n) is 6.89. The lowest BCUT2D eigenvalue weighted by Crippen LogP contribution is -2.49. The van der Waals surface area contributed by atoms with E-state index in [0.717, 1.165) is 22.0 Å². The number of amides is 1. The lowest BCUT2D eigenvalue weighted by molar-refractivity contribution is 0.0750. The van der Waals surface area contributed by atoms with Crippen LogP contribution in [-0.2, 0) is 0 Å². The number of aryl methyl sites for hydroxylation is 1. The van der Waals surface area contributed by atoms with E-state index in [1.165, 1.54) is 17.4 Å². The monoisotopic (exact) mass is 411 g/mol. The number of ether oxygens (including phenoxy) is 1. The van der Waals surface area contributed by atoms with Gasteiger partial charge in [-0.25, -0.2) is 9.37 Å². The van der Waals surface area contributed by atoms with Gasteiger partial charge in [-0.1, -0.05) is 12.1 Å². The standard InChI is InChI=1S/C22H22FN3O2S/c1-15-20(29-21(24-15)16-7-9-17(28-2)10-8-16)22(27)26-13-11-25(12-14-26)19-6-4-3-5-18(19)23/h3-10H,11-14H2,1-2H3. The molecule has 0 spiro atoms. The zero-order chi connectivity index (χ0) is 20.4. The second-order valence-corrected chi connectivity index (χ2v) is 7.89. The molecule has 7 heteroatoms. The summed E-state index contributed by atoms with van der Waals surface area (Å²) in [6.45, 7) is 4.20. The van der Waals surface area contributed by atoms with Crippen LogP contribution in [0.25, 0.3) is 10.6 Å². The van der Waals surface area contributed by atoms with E-state index < -0.39 is 0 Å². The molecule has 1 aliphatic heterocycles. The van der Waals surface area contributed by atoms with Crippen molar-refractivity contribution in [2.75, 3.05) is 38.2 Å². The number of methoxy groups -OCH3 is 1. The quantitative estimate of drug-likeness (QED) is 0.645. The number of hydrogen-bond acceptors (Lipinski definition) is 5. The van der Waals surface area contributed by atoms with Gasteiger partial charge in [-0.05, 0) is 43.3 Å². The minimum Gasteiger partial charge on any atom is -0.497 e. The maximum atomic E-state index is 14.0. The third-order valence-electron chi connectivity index (χ3n) is 5.09. The number of benzene rings is 2. The Morgan fingerprint density at radius 2 is 1.76 bits per heavy atom. The van der Waals surface area contributed by atoms with Crippen LogP contribution in [0.15, 0.2) is 48.5 Å². The molecule has 3 aromatic rings. The number of carbonyl (C=O) groups excluding carboxylic acids is 1. The van der Waals surface area contributed by atoms with Gasteiger partial charge in [-0.2, -0.15) is 0 Å². The maximum absolute atomic E-state index is 14.0. The first-order valence-corrected chi connectivity index (χ1v) is 10.3. The number of nitrogens with zero attached hydrogens (tertiary/aromatic N) is 3. The summed E-state index contributed by atoms with van der Waals surface area (Å²) >= 11 is 1.41. The molecule has 2 heterocycles. The van der Waals surface area contributed by atoms with Crippen LogP contribution >= 0.6 is 11.3 Å². The van der Waals surface area contributed by atoms with Gasteiger partial charge < -0.3 is 14.5 Å². The molecule has 1 saturated heterocycles. The Morgan fingerprint density at radius 1 is 1.07 bits per heavy atom. The molecule has 2 aromatic carbocycles. The van der Waals surface area contributed by atoms with Crippen molar-refractivity contribution in [3.05, 3.63) is 64.9 Å². The Kier molecular flexibility index (Phi) is 5.49. The summed E-state index contributed by atoms with van der Waals surface area (Å²) in [4.78, 5) is 22.1. The van der Waals surface area contributed by atoms with Crippen LogP contribution in [-0.4, -0.2) is 49.1 Å². The fraction of sp³-hybridized carbons (Fsp3) is 0.273. The smallest absolute Gasteiger partial charge is 0.265 e. The molecular formula is C22H22FN3O2S. The predicted molar refractivity (Wildman–Crippen MR) is 113 cm³/mol. The Hall–Kier alpha value is -2.93. The summed E-state index contributed by atoms with van der Waals surface area (Å²) in [6, 6.07) is 14.4. The largest absolute Gasteiger partial charge is 0.497 e. The minimum absolute atomic E-state index is 0.00653. The highest BCUT2D eigenvalue weighted by Gasteiger charge is 2.26. The van der Waals surface area contributed by atoms with Gasteiger partial charge >= 0.3 is 0 Å². The first-order valence-electron chi connectivity index (χ1n) is 9.47. The third kappa shape index (κ3) is 3.96. The van der Waals surface area contributed by atoms with Crippen LogP contribution in [0.2, 0.25) is 0 Å². The number of carbonyl (C=O) groups is 1. The molecule has 29 heavy (non-hydrogen) atoms. The van der Waals surface area contributed by atoms with Crippen molar-refractivity contribution in [1.29, 1.82) is 0 Å². The topological polar surface area (TPSA) is 45.7 Å². The molecule has 0 aliphatic carbocycles. The molecule has 0 radical (unpaired) electrons. The number of aromatic nitrogens is 1. The lowest BCUT2D eigenvalue weighted by Gasteiger charge is -2.36. The van der Waals surface area contributed by atoms with E-state index >= 15 is 0 Å². The summed E-state index contributed by atoms with van der Waals surface area (Å²) < 4.78 is 19.2. The van der Waals surface area contributed by atoms with Gasteiger partial charge in [-0.15, -0.1) is 11.3 Å². The van der Waals surface area contributed by atoms with Gasteiger partial charge in [0.15, 0.2) is 0 Å². The summed E-state index contributed by atoms with van der Waals surface area (Å²) in [5, 5.41) is 0.818. The number of halogens is 1. The first kappa shape index (κ1) is 19.4. The summed E-state index contributed by atoms with van der Waals surface area (Å²) in [6.07, 6.45) is 0. The molecule has 0 saturated carbocycles. The van der Waals surface area contributed by atoms with E-state index in [0.29, 0.717) is 36.7 Å². The van der Waals surface area contributed by atoms with Crippen molar-refractivity contribution < 1.29 is 13.9 Å². The van der Waals surface area contributed by atoms with Gasteiger partial charge in [0.25, 0.3) is 5.91 Å². The maximum Gasteiger partial charge on any atom is 0.265 e. The highest BCUT2D eigenvalue weighted by atomic mass is 32.1. The highest BCUT2D eigenvalue weighted by molar-refractivity contribution is 7.17. The van der Waals surface area contributed by atoms with Gasteiger partial charge in [0.05, 0.1) is 18.5 Å². The van der Waals surface area contributed by atoms with Gasteiger partial charge in [0.2, 0.25) is 0 Å². The molecule has 4 rings (SSSR count). The van der Waals surface area contributed by atoms with Crippen molar-refractivity contribution in [3.63, 3.8) is 0 Å². The fourth-order valence-electron chi connectivity index (χ4n) is 3.45. The Morgan fingerprint density at radius 3 is 2.41 bits per heavy atom. The molecular weight excluding hydrogens is 389 g/mol. The normalized spacial score (nSPS) is 14.2. The third-order valence-corrected chi connectivity index (χ3v) is 6.28. The van der Waals surface area contributed by atoms with Crippen LogP contribution in [0.4, 0.5) is 10.1 Å². The second kappa shape index (κ2) is 8.21. The zero-order valence-corrected chi connectivity index (χ0v) is 17.2. The average Bonchev–Trinajstić information content (AvgIpc) is 3.15. The van der Waals surface area contributed by atoms with Gasteiger partial charge in [-0.3, -0.25) is 4.79 Å². The van der Waals surface area contributed by atoms with E-state index in [1.807, 2.05) is 47.1 Å². The van der Waals surface area contributed by atoms with Crippen LogP contribution in [0.5, 0.6) is 5.75 Å². The highest BCUT2D eigenvalue weighted by Crippen LogP contribution is 2.30. The molecule has 5 nitrogen and oxygen atoms in total. The van der Waals surface area contributed by atoms with Crippen molar-refractivity contribution in [3.8, 4) is 16.3 Å². The number of para-hydroxylation sites is 1. The predicted octanol–water partition coefficient (Wildman–Crippen LogP) is 4.23. The summed E-state index contributed by atoms with van der Waals surface area (Å²) in [5.41, 5.74) is 2.29. The van der Waals surface area contributed by atoms with Crippen LogP contribution in [0.3, 0.4) is 0 Å². The molecule has 1 fully saturated rings. The molecule has 1 aliphatic rings. The van der Waals surface area contributed by atoms with E-state index in [4.69, 9.17) is 4.74 Å². The van der Waals surface area contributed by atoms with Crippen molar-refractivity contribution >= 4 is 22.9 Å². The molecule has 1 amide bonds. The average molecular weight is 412 g/mol. The van der Waals surface area contributed by atoms with Gasteiger partial charge in [0, 0.05) is 31.7 Å². The summed E-state index contributed by atoms with van der Waals surface area (Å²) in [5.74, 6) is 0.550. The molecule has 0 unspecified atom stereocenters. The van der Waals surface area contributed by atoms with E-state index in [2.05, 4.69) is 4.98 Å². The molecule has 1 aromatic heterocycles. The molecule has 0 bridgehead atoms. The Bertz CT molecular complexity index is 1010. The van der Waals surface area contributed by atoms with Crippen molar-refractivity contribution in [2.24, 2.45) is 0 Å². The van der Waals surface area contributed by atoms with Crippen LogP contribution < -0.4 is 9.64 Å². The van der Waals surface area contributed by atoms with Crippen molar-refractivity contribution in [1.82, 2.24) is 9.88 Å². The SMILES string of the molecule is COc1ccc(-c2nc(C)c(C(=O)N3CCN(c4ccccc4F)CC3)s2)cc1. The van der Waals surface area contributed by atoms with Crippen LogP contribution in [0.1, 0.15) is 15.4 Å². The van der Waals surface area contributed by atoms with Crippen LogP contribution in [0, 0.1) is 12.7 Å². The Balaban J connectivity index is 1.46. The van der Waals surface area contributed by atoms with Crippen molar-refractivity contribution in [2.45, 2.75) is 6.92 Å². The molecule has 0 atom stereocenters. The first-order chi connectivity index (χ1) is 14.1. The zero-order valence-electron chi connectivity index (χ0n) is 16.4. The molecule has 0 N–H and O–H groups in total. The number of piperazine rings is 1. The number of rotatable bonds is 4. The number of anilines is 1. The Labute approximate surface area is 173 Å². The minimum atomic E-state index is -0.227. The molecule has 150 valence electrons. The number of thiazole rings is 1. The lowest BCUT2D eigenvalue weighted by atomic mass is 10.2.